The molecule has 3 heteroatoms. The summed E-state index contributed by atoms with van der Waals surface area (Å²) in [4.78, 5) is 13.8. The summed E-state index contributed by atoms with van der Waals surface area (Å²) < 4.78 is 0. The quantitative estimate of drug-likeness (QED) is 0.832. The molecule has 21 heavy (non-hydrogen) atoms. The molecule has 0 aliphatic rings. The van der Waals surface area contributed by atoms with Crippen LogP contribution >= 0.6 is 0 Å². The zero-order valence-corrected chi connectivity index (χ0v) is 14.2. The maximum Gasteiger partial charge on any atom is 0.313 e. The topological polar surface area (TPSA) is 40.5 Å². The van der Waals surface area contributed by atoms with Crippen molar-refractivity contribution in [2.75, 3.05) is 6.54 Å². The van der Waals surface area contributed by atoms with Gasteiger partial charge in [-0.2, -0.15) is 0 Å². The van der Waals surface area contributed by atoms with Gasteiger partial charge >= 0.3 is 5.97 Å². The van der Waals surface area contributed by atoms with Crippen molar-refractivity contribution in [1.82, 2.24) is 4.90 Å². The molecule has 3 nitrogen and oxygen atoms in total. The van der Waals surface area contributed by atoms with E-state index in [1.807, 2.05) is 18.2 Å². The lowest BCUT2D eigenvalue weighted by atomic mass is 9.84. The summed E-state index contributed by atoms with van der Waals surface area (Å²) in [5.74, 6) is -0.786. The highest BCUT2D eigenvalue weighted by Gasteiger charge is 2.29. The van der Waals surface area contributed by atoms with Crippen molar-refractivity contribution < 1.29 is 9.90 Å². The molecule has 0 fully saturated rings. The Labute approximate surface area is 129 Å². The zero-order valence-electron chi connectivity index (χ0n) is 14.2. The van der Waals surface area contributed by atoms with E-state index in [2.05, 4.69) is 38.7 Å². The van der Waals surface area contributed by atoms with Gasteiger partial charge in [-0.05, 0) is 59.1 Å². The van der Waals surface area contributed by atoms with E-state index in [0.29, 0.717) is 12.1 Å². The van der Waals surface area contributed by atoms with Crippen LogP contribution in [0.15, 0.2) is 24.3 Å². The molecular weight excluding hydrogens is 262 g/mol. The minimum Gasteiger partial charge on any atom is -0.481 e. The zero-order chi connectivity index (χ0) is 16.2. The van der Waals surface area contributed by atoms with Gasteiger partial charge in [0, 0.05) is 18.6 Å². The summed E-state index contributed by atoms with van der Waals surface area (Å²) in [6.45, 7) is 13.3. The monoisotopic (exact) mass is 291 g/mol. The van der Waals surface area contributed by atoms with Crippen molar-refractivity contribution in [2.24, 2.45) is 0 Å². The molecule has 118 valence electrons. The summed E-state index contributed by atoms with van der Waals surface area (Å²) in [5.41, 5.74) is 1.23. The van der Waals surface area contributed by atoms with Crippen LogP contribution in [0.5, 0.6) is 0 Å². The molecule has 0 heterocycles. The van der Waals surface area contributed by atoms with Crippen molar-refractivity contribution in [2.45, 2.75) is 65.5 Å². The van der Waals surface area contributed by atoms with Gasteiger partial charge in [0.2, 0.25) is 0 Å². The highest BCUT2D eigenvalue weighted by atomic mass is 16.4. The summed E-state index contributed by atoms with van der Waals surface area (Å²) in [6, 6.07) is 9.02. The number of nitrogens with zero attached hydrogens (tertiary/aromatic N) is 1. The Balaban J connectivity index is 2.85. The summed E-state index contributed by atoms with van der Waals surface area (Å²) in [5, 5.41) is 9.34. The van der Waals surface area contributed by atoms with Gasteiger partial charge in [0.15, 0.2) is 0 Å². The van der Waals surface area contributed by atoms with Crippen molar-refractivity contribution in [1.29, 1.82) is 0 Å². The first-order valence-corrected chi connectivity index (χ1v) is 7.74. The van der Waals surface area contributed by atoms with Gasteiger partial charge in [0.1, 0.15) is 0 Å². The minimum absolute atomic E-state index is 0.517. The van der Waals surface area contributed by atoms with E-state index in [9.17, 15) is 9.90 Å². The number of carbonyl (C=O) groups is 1. The second-order valence-electron chi connectivity index (χ2n) is 6.81. The first-order chi connectivity index (χ1) is 9.66. The van der Waals surface area contributed by atoms with Gasteiger partial charge in [-0.15, -0.1) is 0 Å². The Morgan fingerprint density at radius 1 is 1.19 bits per heavy atom. The Morgan fingerprint density at radius 3 is 2.24 bits per heavy atom. The largest absolute Gasteiger partial charge is 0.481 e. The summed E-state index contributed by atoms with van der Waals surface area (Å²) >= 11 is 0. The summed E-state index contributed by atoms with van der Waals surface area (Å²) in [7, 11) is 0. The number of hydrogen-bond acceptors (Lipinski definition) is 2. The van der Waals surface area contributed by atoms with Crippen LogP contribution in [0.25, 0.3) is 0 Å². The minimum atomic E-state index is -0.841. The number of carboxylic acids is 1. The molecule has 0 saturated heterocycles. The molecule has 1 aromatic rings. The molecule has 0 radical (unpaired) electrons. The molecule has 0 aliphatic heterocycles. The molecule has 0 amide bonds. The van der Waals surface area contributed by atoms with E-state index < -0.39 is 11.4 Å². The third-order valence-corrected chi connectivity index (χ3v) is 4.17. The number of carboxylic acid groups (broad SMARTS) is 1. The van der Waals surface area contributed by atoms with Crippen LogP contribution < -0.4 is 0 Å². The SMILES string of the molecule is CC(C)N(CCc1cccc(C(C)(C)C(=O)O)c1)C(C)C. The lowest BCUT2D eigenvalue weighted by molar-refractivity contribution is -0.142. The number of rotatable bonds is 7. The second kappa shape index (κ2) is 7.08. The normalized spacial score (nSPS) is 12.4. The van der Waals surface area contributed by atoms with Gasteiger partial charge < -0.3 is 5.11 Å². The number of aliphatic carboxylic acids is 1. The molecular formula is C18H29NO2. The fourth-order valence-electron chi connectivity index (χ4n) is 2.61. The van der Waals surface area contributed by atoms with Crippen LogP contribution in [-0.4, -0.2) is 34.6 Å². The van der Waals surface area contributed by atoms with Gasteiger partial charge in [-0.25, -0.2) is 0 Å². The van der Waals surface area contributed by atoms with Gasteiger partial charge in [-0.3, -0.25) is 9.69 Å². The van der Waals surface area contributed by atoms with Crippen molar-refractivity contribution >= 4 is 5.97 Å². The van der Waals surface area contributed by atoms with Gasteiger partial charge in [-0.1, -0.05) is 24.3 Å². The van der Waals surface area contributed by atoms with Crippen LogP contribution in [0.4, 0.5) is 0 Å². The Kier molecular flexibility index (Phi) is 5.97. The molecule has 0 aliphatic carbocycles. The van der Waals surface area contributed by atoms with Crippen LogP contribution in [0, 0.1) is 0 Å². The van der Waals surface area contributed by atoms with Crippen LogP contribution in [-0.2, 0) is 16.6 Å². The van der Waals surface area contributed by atoms with Gasteiger partial charge in [0.05, 0.1) is 5.41 Å². The maximum absolute atomic E-state index is 11.4. The predicted octanol–water partition coefficient (Wildman–Crippen LogP) is 3.71. The van der Waals surface area contributed by atoms with E-state index in [1.165, 1.54) is 5.56 Å². The molecule has 0 bridgehead atoms. The standard InChI is InChI=1S/C18H29NO2/c1-13(2)19(14(3)4)11-10-15-8-7-9-16(12-15)18(5,6)17(20)21/h7-9,12-14H,10-11H2,1-6H3,(H,20,21). The van der Waals surface area contributed by atoms with E-state index in [-0.39, 0.29) is 0 Å². The molecule has 0 atom stereocenters. The fourth-order valence-corrected chi connectivity index (χ4v) is 2.61. The first-order valence-electron chi connectivity index (χ1n) is 7.74. The molecule has 1 aromatic carbocycles. The van der Waals surface area contributed by atoms with Crippen LogP contribution in [0.2, 0.25) is 0 Å². The van der Waals surface area contributed by atoms with Crippen molar-refractivity contribution in [3.8, 4) is 0 Å². The molecule has 1 rings (SSSR count). The van der Waals surface area contributed by atoms with E-state index in [0.717, 1.165) is 18.5 Å². The van der Waals surface area contributed by atoms with E-state index >= 15 is 0 Å². The average molecular weight is 291 g/mol. The number of hydrogen-bond donors (Lipinski definition) is 1. The van der Waals surface area contributed by atoms with Gasteiger partial charge in [0.25, 0.3) is 0 Å². The third kappa shape index (κ3) is 4.57. The third-order valence-electron chi connectivity index (χ3n) is 4.17. The first kappa shape index (κ1) is 17.7. The lowest BCUT2D eigenvalue weighted by Crippen LogP contribution is -2.38. The highest BCUT2D eigenvalue weighted by molar-refractivity contribution is 5.80. The van der Waals surface area contributed by atoms with Crippen molar-refractivity contribution in [3.05, 3.63) is 35.4 Å². The van der Waals surface area contributed by atoms with Crippen LogP contribution in [0.3, 0.4) is 0 Å². The Hall–Kier alpha value is -1.35. The highest BCUT2D eigenvalue weighted by Crippen LogP contribution is 2.24. The molecule has 0 unspecified atom stereocenters. The second-order valence-corrected chi connectivity index (χ2v) is 6.81. The molecule has 0 aromatic heterocycles. The van der Waals surface area contributed by atoms with E-state index in [4.69, 9.17) is 0 Å². The van der Waals surface area contributed by atoms with Crippen molar-refractivity contribution in [3.63, 3.8) is 0 Å². The molecule has 0 spiro atoms. The predicted molar refractivity (Wildman–Crippen MR) is 87.8 cm³/mol. The Morgan fingerprint density at radius 2 is 1.76 bits per heavy atom. The average Bonchev–Trinajstić information content (AvgIpc) is 2.38. The number of benzene rings is 1. The molecule has 0 saturated carbocycles. The Bertz CT molecular complexity index is 470. The maximum atomic E-state index is 11.4. The van der Waals surface area contributed by atoms with Crippen LogP contribution in [0.1, 0.15) is 52.7 Å². The smallest absolute Gasteiger partial charge is 0.313 e. The summed E-state index contributed by atoms with van der Waals surface area (Å²) in [6.07, 6.45) is 0.944. The molecule has 1 N–H and O–H groups in total. The fraction of sp³-hybridized carbons (Fsp3) is 0.611. The lowest BCUT2D eigenvalue weighted by Gasteiger charge is -2.30. The van der Waals surface area contributed by atoms with E-state index in [1.54, 1.807) is 13.8 Å².